The van der Waals surface area contributed by atoms with Gasteiger partial charge in [-0.3, -0.25) is 9.69 Å². The zero-order chi connectivity index (χ0) is 21.1. The van der Waals surface area contributed by atoms with Crippen LogP contribution in [0.4, 0.5) is 10.3 Å². The van der Waals surface area contributed by atoms with Crippen LogP contribution in [0.15, 0.2) is 30.5 Å². The van der Waals surface area contributed by atoms with Gasteiger partial charge in [0.1, 0.15) is 5.82 Å². The first-order chi connectivity index (χ1) is 14.5. The number of rotatable bonds is 5. The number of carbonyl (C=O) groups excluding carboxylic acids is 1. The normalized spacial score (nSPS) is 19.8. The minimum Gasteiger partial charge on any atom is -0.347 e. The highest BCUT2D eigenvalue weighted by atomic mass is 19.1. The van der Waals surface area contributed by atoms with E-state index in [4.69, 9.17) is 4.98 Å². The summed E-state index contributed by atoms with van der Waals surface area (Å²) in [6.45, 7) is 4.01. The molecule has 0 aliphatic carbocycles. The largest absolute Gasteiger partial charge is 0.347 e. The van der Waals surface area contributed by atoms with Gasteiger partial charge in [0.2, 0.25) is 11.9 Å². The molecule has 0 N–H and O–H groups in total. The van der Waals surface area contributed by atoms with Crippen LogP contribution < -0.4 is 4.90 Å². The Hall–Kier alpha value is -2.54. The van der Waals surface area contributed by atoms with Crippen LogP contribution in [0.2, 0.25) is 0 Å². The summed E-state index contributed by atoms with van der Waals surface area (Å²) in [6.07, 6.45) is 6.13. The van der Waals surface area contributed by atoms with Crippen molar-refractivity contribution in [2.75, 3.05) is 51.7 Å². The second kappa shape index (κ2) is 9.08. The van der Waals surface area contributed by atoms with Gasteiger partial charge in [-0.05, 0) is 49.9 Å². The Bertz CT molecular complexity index is 880. The Morgan fingerprint density at radius 2 is 1.87 bits per heavy atom. The third-order valence-electron chi connectivity index (χ3n) is 6.07. The number of benzene rings is 1. The SMILES string of the molecule is CN(C)c1ncc(-c2ccc(F)cc2)c(C2CCCN(CC(=O)N3CCCC3)C2)n1. The van der Waals surface area contributed by atoms with Gasteiger partial charge in [0, 0.05) is 51.4 Å². The van der Waals surface area contributed by atoms with E-state index in [1.807, 2.05) is 30.1 Å². The molecule has 1 atom stereocenters. The molecule has 4 rings (SSSR count). The standard InChI is InChI=1S/C23H30FN5O/c1-27(2)23-25-14-20(17-7-9-19(24)10-8-17)22(26-23)18-6-5-11-28(15-18)16-21(30)29-12-3-4-13-29/h7-10,14,18H,3-6,11-13,15-16H2,1-2H3. The van der Waals surface area contributed by atoms with Gasteiger partial charge in [-0.1, -0.05) is 12.1 Å². The molecule has 2 fully saturated rings. The molecule has 0 saturated carbocycles. The van der Waals surface area contributed by atoms with Gasteiger partial charge in [0.25, 0.3) is 0 Å². The molecule has 0 spiro atoms. The van der Waals surface area contributed by atoms with E-state index in [1.165, 1.54) is 12.1 Å². The first-order valence-corrected chi connectivity index (χ1v) is 10.8. The summed E-state index contributed by atoms with van der Waals surface area (Å²) in [6, 6.07) is 6.51. The molecule has 1 aromatic heterocycles. The van der Waals surface area contributed by atoms with Crippen LogP contribution in [0, 0.1) is 5.82 Å². The Morgan fingerprint density at radius 1 is 1.13 bits per heavy atom. The Labute approximate surface area is 177 Å². The first-order valence-electron chi connectivity index (χ1n) is 10.8. The van der Waals surface area contributed by atoms with E-state index in [2.05, 4.69) is 9.88 Å². The van der Waals surface area contributed by atoms with E-state index in [0.29, 0.717) is 12.5 Å². The minimum absolute atomic E-state index is 0.215. The van der Waals surface area contributed by atoms with E-state index in [0.717, 1.165) is 68.7 Å². The molecule has 1 aromatic carbocycles. The number of aromatic nitrogens is 2. The molecule has 1 unspecified atom stereocenters. The smallest absolute Gasteiger partial charge is 0.236 e. The van der Waals surface area contributed by atoms with Crippen LogP contribution in [-0.2, 0) is 4.79 Å². The fourth-order valence-electron chi connectivity index (χ4n) is 4.44. The van der Waals surface area contributed by atoms with Crippen molar-refractivity contribution in [2.45, 2.75) is 31.6 Å². The van der Waals surface area contributed by atoms with Gasteiger partial charge in [0.15, 0.2) is 0 Å². The fraction of sp³-hybridized carbons (Fsp3) is 0.522. The maximum Gasteiger partial charge on any atom is 0.236 e. The second-order valence-electron chi connectivity index (χ2n) is 8.53. The Balaban J connectivity index is 1.58. The number of nitrogens with zero attached hydrogens (tertiary/aromatic N) is 5. The predicted octanol–water partition coefficient (Wildman–Crippen LogP) is 3.15. The number of halogens is 1. The lowest BCUT2D eigenvalue weighted by Crippen LogP contribution is -2.43. The number of likely N-dealkylation sites (tertiary alicyclic amines) is 2. The van der Waals surface area contributed by atoms with Crippen LogP contribution in [0.3, 0.4) is 0 Å². The quantitative estimate of drug-likeness (QED) is 0.757. The van der Waals surface area contributed by atoms with E-state index in [9.17, 15) is 9.18 Å². The summed E-state index contributed by atoms with van der Waals surface area (Å²) in [7, 11) is 3.86. The van der Waals surface area contributed by atoms with Gasteiger partial charge >= 0.3 is 0 Å². The van der Waals surface area contributed by atoms with Crippen LogP contribution in [0.5, 0.6) is 0 Å². The van der Waals surface area contributed by atoms with Gasteiger partial charge in [-0.25, -0.2) is 14.4 Å². The van der Waals surface area contributed by atoms with Crippen molar-refractivity contribution in [1.82, 2.24) is 19.8 Å². The van der Waals surface area contributed by atoms with Gasteiger partial charge in [-0.15, -0.1) is 0 Å². The van der Waals surface area contributed by atoms with Gasteiger partial charge in [-0.2, -0.15) is 0 Å². The lowest BCUT2D eigenvalue weighted by Gasteiger charge is -2.34. The molecule has 30 heavy (non-hydrogen) atoms. The topological polar surface area (TPSA) is 52.6 Å². The molecular formula is C23H30FN5O. The summed E-state index contributed by atoms with van der Waals surface area (Å²) >= 11 is 0. The zero-order valence-corrected chi connectivity index (χ0v) is 17.9. The number of carbonyl (C=O) groups is 1. The number of amides is 1. The van der Waals surface area contributed by atoms with E-state index >= 15 is 0 Å². The molecule has 0 bridgehead atoms. The number of hydrogen-bond acceptors (Lipinski definition) is 5. The minimum atomic E-state index is -0.254. The highest BCUT2D eigenvalue weighted by molar-refractivity contribution is 5.78. The Kier molecular flexibility index (Phi) is 6.27. The van der Waals surface area contributed by atoms with E-state index in [1.54, 1.807) is 12.1 Å². The number of anilines is 1. The van der Waals surface area contributed by atoms with Crippen LogP contribution in [0.1, 0.15) is 37.3 Å². The van der Waals surface area contributed by atoms with Crippen LogP contribution >= 0.6 is 0 Å². The van der Waals surface area contributed by atoms with Crippen molar-refractivity contribution in [3.63, 3.8) is 0 Å². The summed E-state index contributed by atoms with van der Waals surface area (Å²) in [5, 5.41) is 0. The van der Waals surface area contributed by atoms with Crippen LogP contribution in [-0.4, -0.2) is 72.5 Å². The molecule has 7 heteroatoms. The van der Waals surface area contributed by atoms with Crippen molar-refractivity contribution >= 4 is 11.9 Å². The van der Waals surface area contributed by atoms with Gasteiger partial charge < -0.3 is 9.80 Å². The van der Waals surface area contributed by atoms with Crippen molar-refractivity contribution in [1.29, 1.82) is 0 Å². The number of piperidine rings is 1. The molecular weight excluding hydrogens is 381 g/mol. The molecule has 2 aliphatic rings. The lowest BCUT2D eigenvalue weighted by atomic mass is 9.90. The molecule has 2 aromatic rings. The average molecular weight is 412 g/mol. The van der Waals surface area contributed by atoms with E-state index < -0.39 is 0 Å². The van der Waals surface area contributed by atoms with Crippen molar-refractivity contribution in [3.8, 4) is 11.1 Å². The third kappa shape index (κ3) is 4.61. The third-order valence-corrected chi connectivity index (χ3v) is 6.07. The Morgan fingerprint density at radius 3 is 2.57 bits per heavy atom. The molecule has 6 nitrogen and oxygen atoms in total. The summed E-state index contributed by atoms with van der Waals surface area (Å²) < 4.78 is 13.4. The molecule has 3 heterocycles. The monoisotopic (exact) mass is 411 g/mol. The molecule has 1 amide bonds. The molecule has 160 valence electrons. The first kappa shape index (κ1) is 20.7. The summed E-state index contributed by atoms with van der Waals surface area (Å²) in [5.41, 5.74) is 2.85. The maximum absolute atomic E-state index is 13.4. The summed E-state index contributed by atoms with van der Waals surface area (Å²) in [4.78, 5) is 28.2. The maximum atomic E-state index is 13.4. The van der Waals surface area contributed by atoms with Crippen molar-refractivity contribution < 1.29 is 9.18 Å². The number of hydrogen-bond donors (Lipinski definition) is 0. The predicted molar refractivity (Wildman–Crippen MR) is 116 cm³/mol. The highest BCUT2D eigenvalue weighted by Gasteiger charge is 2.28. The average Bonchev–Trinajstić information content (AvgIpc) is 3.29. The van der Waals surface area contributed by atoms with Crippen molar-refractivity contribution in [3.05, 3.63) is 42.0 Å². The van der Waals surface area contributed by atoms with E-state index in [-0.39, 0.29) is 17.6 Å². The van der Waals surface area contributed by atoms with Gasteiger partial charge in [0.05, 0.1) is 12.2 Å². The highest BCUT2D eigenvalue weighted by Crippen LogP contribution is 2.34. The summed E-state index contributed by atoms with van der Waals surface area (Å²) in [5.74, 6) is 0.868. The molecule has 2 saturated heterocycles. The second-order valence-corrected chi connectivity index (χ2v) is 8.53. The zero-order valence-electron chi connectivity index (χ0n) is 17.9. The fourth-order valence-corrected chi connectivity index (χ4v) is 4.44. The lowest BCUT2D eigenvalue weighted by molar-refractivity contribution is -0.131. The van der Waals surface area contributed by atoms with Crippen LogP contribution in [0.25, 0.3) is 11.1 Å². The molecule has 2 aliphatic heterocycles. The van der Waals surface area contributed by atoms with Crippen molar-refractivity contribution in [2.24, 2.45) is 0 Å². The molecule has 0 radical (unpaired) electrons.